The standard InChI is InChI=1S/C21H24N2O5S/c1-4-23(5-2)29(26,27)17-11-8-10-16(13-17)22-20(25)21(3)14-15-9-6-7-12-18(15)19(24)28-21/h6-13H,4-5,14H2,1-3H3,(H,22,25)/t21-/m1/s1. The van der Waals surface area contributed by atoms with Gasteiger partial charge in [-0.15, -0.1) is 0 Å². The Kier molecular flexibility index (Phi) is 5.77. The molecule has 1 aliphatic heterocycles. The minimum Gasteiger partial charge on any atom is -0.445 e. The van der Waals surface area contributed by atoms with Gasteiger partial charge in [-0.25, -0.2) is 13.2 Å². The maximum absolute atomic E-state index is 12.9. The van der Waals surface area contributed by atoms with Gasteiger partial charge in [-0.05, 0) is 36.8 Å². The number of anilines is 1. The van der Waals surface area contributed by atoms with Crippen LogP contribution in [0.15, 0.2) is 53.4 Å². The van der Waals surface area contributed by atoms with E-state index in [1.54, 1.807) is 57.2 Å². The van der Waals surface area contributed by atoms with Crippen LogP contribution in [0.1, 0.15) is 36.7 Å². The fourth-order valence-corrected chi connectivity index (χ4v) is 4.87. The Morgan fingerprint density at radius 3 is 2.52 bits per heavy atom. The lowest BCUT2D eigenvalue weighted by molar-refractivity contribution is -0.134. The Balaban J connectivity index is 1.84. The van der Waals surface area contributed by atoms with Gasteiger partial charge in [0.25, 0.3) is 5.91 Å². The summed E-state index contributed by atoms with van der Waals surface area (Å²) in [5.74, 6) is -1.07. The van der Waals surface area contributed by atoms with Crippen LogP contribution in [0.5, 0.6) is 0 Å². The van der Waals surface area contributed by atoms with Gasteiger partial charge in [-0.2, -0.15) is 4.31 Å². The van der Waals surface area contributed by atoms with E-state index in [4.69, 9.17) is 4.74 Å². The van der Waals surface area contributed by atoms with Crippen molar-refractivity contribution >= 4 is 27.6 Å². The number of sulfonamides is 1. The van der Waals surface area contributed by atoms with Gasteiger partial charge in [0.2, 0.25) is 10.0 Å². The van der Waals surface area contributed by atoms with Crippen LogP contribution in [0, 0.1) is 0 Å². The van der Waals surface area contributed by atoms with E-state index in [1.807, 2.05) is 0 Å². The number of nitrogens with zero attached hydrogens (tertiary/aromatic N) is 1. The van der Waals surface area contributed by atoms with Crippen molar-refractivity contribution in [2.24, 2.45) is 0 Å². The fourth-order valence-electron chi connectivity index (χ4n) is 3.37. The SMILES string of the molecule is CCN(CC)S(=O)(=O)c1cccc(NC(=O)[C@@]2(C)Cc3ccccc3C(=O)O2)c1. The summed E-state index contributed by atoms with van der Waals surface area (Å²) in [5, 5.41) is 2.69. The van der Waals surface area contributed by atoms with Crippen molar-refractivity contribution in [2.75, 3.05) is 18.4 Å². The molecule has 154 valence electrons. The number of esters is 1. The van der Waals surface area contributed by atoms with E-state index in [2.05, 4.69) is 5.32 Å². The molecule has 0 saturated heterocycles. The van der Waals surface area contributed by atoms with Gasteiger partial charge in [0.1, 0.15) is 0 Å². The summed E-state index contributed by atoms with van der Waals surface area (Å²) in [5.41, 5.74) is 0.114. The zero-order valence-corrected chi connectivity index (χ0v) is 17.5. The number of amides is 1. The number of carbonyl (C=O) groups excluding carboxylic acids is 2. The molecule has 3 rings (SSSR count). The minimum atomic E-state index is -3.65. The molecule has 2 aromatic rings. The first-order valence-corrected chi connectivity index (χ1v) is 10.9. The van der Waals surface area contributed by atoms with Gasteiger partial charge in [-0.1, -0.05) is 38.1 Å². The van der Waals surface area contributed by atoms with Crippen LogP contribution in [-0.2, 0) is 26.0 Å². The highest BCUT2D eigenvalue weighted by Crippen LogP contribution is 2.29. The molecule has 0 spiro atoms. The topological polar surface area (TPSA) is 92.8 Å². The number of cyclic esters (lactones) is 1. The second-order valence-electron chi connectivity index (χ2n) is 7.03. The first-order valence-electron chi connectivity index (χ1n) is 9.44. The Bertz CT molecular complexity index is 1050. The molecule has 1 amide bonds. The molecular weight excluding hydrogens is 392 g/mol. The van der Waals surface area contributed by atoms with Gasteiger partial charge in [0.15, 0.2) is 5.60 Å². The van der Waals surface area contributed by atoms with E-state index in [0.717, 1.165) is 5.56 Å². The molecule has 2 aromatic carbocycles. The van der Waals surface area contributed by atoms with Gasteiger partial charge < -0.3 is 10.1 Å². The van der Waals surface area contributed by atoms with Crippen LogP contribution in [-0.4, -0.2) is 43.3 Å². The summed E-state index contributed by atoms with van der Waals surface area (Å²) in [6, 6.07) is 13.1. The quantitative estimate of drug-likeness (QED) is 0.731. The number of rotatable bonds is 6. The van der Waals surface area contributed by atoms with Crippen LogP contribution in [0.25, 0.3) is 0 Å². The first-order chi connectivity index (χ1) is 13.7. The molecule has 0 aromatic heterocycles. The molecule has 0 bridgehead atoms. The monoisotopic (exact) mass is 416 g/mol. The van der Waals surface area contributed by atoms with Crippen LogP contribution in [0.4, 0.5) is 5.69 Å². The van der Waals surface area contributed by atoms with E-state index < -0.39 is 27.5 Å². The van der Waals surface area contributed by atoms with Gasteiger partial charge in [-0.3, -0.25) is 4.79 Å². The molecular formula is C21H24N2O5S. The maximum atomic E-state index is 12.9. The lowest BCUT2D eigenvalue weighted by Gasteiger charge is -2.33. The Hall–Kier alpha value is -2.71. The lowest BCUT2D eigenvalue weighted by atomic mass is 9.89. The number of hydrogen-bond donors (Lipinski definition) is 1. The highest BCUT2D eigenvalue weighted by Gasteiger charge is 2.42. The fraction of sp³-hybridized carbons (Fsp3) is 0.333. The van der Waals surface area contributed by atoms with Crippen molar-refractivity contribution in [3.05, 3.63) is 59.7 Å². The van der Waals surface area contributed by atoms with E-state index in [1.165, 1.54) is 16.4 Å². The second-order valence-corrected chi connectivity index (χ2v) is 8.96. The molecule has 0 saturated carbocycles. The van der Waals surface area contributed by atoms with Gasteiger partial charge in [0, 0.05) is 25.2 Å². The average molecular weight is 416 g/mol. The van der Waals surface area contributed by atoms with Crippen molar-refractivity contribution in [3.63, 3.8) is 0 Å². The first kappa shape index (κ1) is 21.0. The largest absolute Gasteiger partial charge is 0.445 e. The highest BCUT2D eigenvalue weighted by molar-refractivity contribution is 7.89. The third-order valence-electron chi connectivity index (χ3n) is 5.00. The molecule has 29 heavy (non-hydrogen) atoms. The molecule has 0 unspecified atom stereocenters. The van der Waals surface area contributed by atoms with Crippen molar-refractivity contribution in [1.82, 2.24) is 4.31 Å². The van der Waals surface area contributed by atoms with Crippen LogP contribution >= 0.6 is 0 Å². The van der Waals surface area contributed by atoms with Crippen molar-refractivity contribution in [3.8, 4) is 0 Å². The highest BCUT2D eigenvalue weighted by atomic mass is 32.2. The molecule has 7 nitrogen and oxygen atoms in total. The number of nitrogens with one attached hydrogen (secondary N) is 1. The van der Waals surface area contributed by atoms with Crippen LogP contribution in [0.2, 0.25) is 0 Å². The number of ether oxygens (including phenoxy) is 1. The molecule has 1 aliphatic rings. The molecule has 0 radical (unpaired) electrons. The second kappa shape index (κ2) is 7.96. The predicted molar refractivity (Wildman–Crippen MR) is 109 cm³/mol. The van der Waals surface area contributed by atoms with Crippen molar-refractivity contribution < 1.29 is 22.7 Å². The zero-order valence-electron chi connectivity index (χ0n) is 16.6. The Morgan fingerprint density at radius 2 is 1.83 bits per heavy atom. The Labute approximate surface area is 170 Å². The normalized spacial score (nSPS) is 18.8. The van der Waals surface area contributed by atoms with E-state index in [9.17, 15) is 18.0 Å². The molecule has 1 heterocycles. The lowest BCUT2D eigenvalue weighted by Crippen LogP contribution is -2.48. The van der Waals surface area contributed by atoms with E-state index in [0.29, 0.717) is 24.3 Å². The van der Waals surface area contributed by atoms with Crippen LogP contribution in [0.3, 0.4) is 0 Å². The Morgan fingerprint density at radius 1 is 1.14 bits per heavy atom. The molecule has 0 aliphatic carbocycles. The maximum Gasteiger partial charge on any atom is 0.339 e. The van der Waals surface area contributed by atoms with Crippen molar-refractivity contribution in [2.45, 2.75) is 37.7 Å². The molecule has 1 N–H and O–H groups in total. The number of fused-ring (bicyclic) bond motifs is 1. The summed E-state index contributed by atoms with van der Waals surface area (Å²) in [7, 11) is -3.65. The number of hydrogen-bond acceptors (Lipinski definition) is 5. The summed E-state index contributed by atoms with van der Waals surface area (Å²) in [6.07, 6.45) is 0.234. The number of carbonyl (C=O) groups is 2. The minimum absolute atomic E-state index is 0.0927. The van der Waals surface area contributed by atoms with Crippen molar-refractivity contribution in [1.29, 1.82) is 0 Å². The molecule has 0 fully saturated rings. The van der Waals surface area contributed by atoms with E-state index in [-0.39, 0.29) is 11.3 Å². The number of benzene rings is 2. The molecule has 8 heteroatoms. The van der Waals surface area contributed by atoms with Crippen LogP contribution < -0.4 is 5.32 Å². The predicted octanol–water partition coefficient (Wildman–Crippen LogP) is 2.83. The average Bonchev–Trinajstić information content (AvgIpc) is 2.69. The van der Waals surface area contributed by atoms with Gasteiger partial charge >= 0.3 is 5.97 Å². The summed E-state index contributed by atoms with van der Waals surface area (Å²) >= 11 is 0. The smallest absolute Gasteiger partial charge is 0.339 e. The third-order valence-corrected chi connectivity index (χ3v) is 7.04. The zero-order chi connectivity index (χ0) is 21.2. The van der Waals surface area contributed by atoms with E-state index >= 15 is 0 Å². The van der Waals surface area contributed by atoms with Gasteiger partial charge in [0.05, 0.1) is 10.5 Å². The third kappa shape index (κ3) is 4.04. The summed E-state index contributed by atoms with van der Waals surface area (Å²) in [6.45, 7) is 5.78. The summed E-state index contributed by atoms with van der Waals surface area (Å²) < 4.78 is 32.2. The molecule has 1 atom stereocenters. The summed E-state index contributed by atoms with van der Waals surface area (Å²) in [4.78, 5) is 25.3.